The highest BCUT2D eigenvalue weighted by atomic mass is 15.1. The molecule has 0 heterocycles. The Labute approximate surface area is 92.4 Å². The quantitative estimate of drug-likeness (QED) is 0.724. The normalized spacial score (nSPS) is 14.2. The van der Waals surface area contributed by atoms with Crippen molar-refractivity contribution in [1.82, 2.24) is 4.90 Å². The minimum Gasteiger partial charge on any atom is -0.306 e. The second kappa shape index (κ2) is 4.63. The lowest BCUT2D eigenvalue weighted by Gasteiger charge is -2.14. The van der Waals surface area contributed by atoms with Gasteiger partial charge in [0.25, 0.3) is 0 Å². The molecule has 1 aromatic rings. The molecule has 0 saturated carbocycles. The third-order valence-corrected chi connectivity index (χ3v) is 3.23. The van der Waals surface area contributed by atoms with Crippen molar-refractivity contribution in [1.29, 1.82) is 0 Å². The molecule has 0 saturated heterocycles. The van der Waals surface area contributed by atoms with Gasteiger partial charge in [-0.2, -0.15) is 0 Å². The van der Waals surface area contributed by atoms with E-state index in [-0.39, 0.29) is 0 Å². The van der Waals surface area contributed by atoms with Gasteiger partial charge in [-0.05, 0) is 43.1 Å². The maximum Gasteiger partial charge on any atom is 0.00188 e. The minimum absolute atomic E-state index is 1.13. The molecule has 0 N–H and O–H groups in total. The average molecular weight is 201 g/mol. The molecule has 80 valence electrons. The maximum atomic E-state index is 2.38. The second-order valence-corrected chi connectivity index (χ2v) is 4.24. The highest BCUT2D eigenvalue weighted by Gasteiger charge is 2.12. The first-order valence-corrected chi connectivity index (χ1v) is 5.77. The molecular formula is C14H19N. The Kier molecular flexibility index (Phi) is 3.22. The van der Waals surface area contributed by atoms with Gasteiger partial charge in [-0.3, -0.25) is 0 Å². The number of allylic oxidation sites excluding steroid dienone is 1. The predicted molar refractivity (Wildman–Crippen MR) is 65.9 cm³/mol. The van der Waals surface area contributed by atoms with E-state index in [2.05, 4.69) is 49.2 Å². The molecule has 0 aliphatic heterocycles. The van der Waals surface area contributed by atoms with Crippen LogP contribution in [-0.4, -0.2) is 25.0 Å². The summed E-state index contributed by atoms with van der Waals surface area (Å²) in [5.74, 6) is 0. The van der Waals surface area contributed by atoms with Gasteiger partial charge in [-0.25, -0.2) is 0 Å². The van der Waals surface area contributed by atoms with Gasteiger partial charge in [0, 0.05) is 6.54 Å². The summed E-state index contributed by atoms with van der Waals surface area (Å²) in [7, 11) is 2.18. The number of rotatable bonds is 4. The Bertz CT molecular complexity index is 365. The number of fused-ring (bicyclic) bond motifs is 1. The molecule has 0 radical (unpaired) electrons. The van der Waals surface area contributed by atoms with E-state index in [9.17, 15) is 0 Å². The van der Waals surface area contributed by atoms with Gasteiger partial charge in [-0.1, -0.05) is 37.3 Å². The summed E-state index contributed by atoms with van der Waals surface area (Å²) in [5, 5.41) is 0. The molecule has 2 rings (SSSR count). The molecule has 0 fully saturated rings. The minimum atomic E-state index is 1.13. The number of hydrogen-bond donors (Lipinski definition) is 0. The van der Waals surface area contributed by atoms with Crippen LogP contribution in [0.15, 0.2) is 30.3 Å². The average Bonchev–Trinajstić information content (AvgIpc) is 2.69. The number of hydrogen-bond acceptors (Lipinski definition) is 1. The van der Waals surface area contributed by atoms with Crippen molar-refractivity contribution in [3.05, 3.63) is 41.5 Å². The Balaban J connectivity index is 2.01. The van der Waals surface area contributed by atoms with Crippen LogP contribution in [0.2, 0.25) is 0 Å². The van der Waals surface area contributed by atoms with Crippen LogP contribution in [0.25, 0.3) is 5.57 Å². The van der Waals surface area contributed by atoms with E-state index >= 15 is 0 Å². The van der Waals surface area contributed by atoms with Gasteiger partial charge in [-0.15, -0.1) is 0 Å². The fraction of sp³-hybridized carbons (Fsp3) is 0.429. The lowest BCUT2D eigenvalue weighted by molar-refractivity contribution is 0.362. The van der Waals surface area contributed by atoms with Crippen LogP contribution in [0.5, 0.6) is 0 Å². The van der Waals surface area contributed by atoms with Crippen LogP contribution in [0.4, 0.5) is 0 Å². The van der Waals surface area contributed by atoms with E-state index in [1.54, 1.807) is 0 Å². The van der Waals surface area contributed by atoms with E-state index < -0.39 is 0 Å². The van der Waals surface area contributed by atoms with Gasteiger partial charge in [0.15, 0.2) is 0 Å². The van der Waals surface area contributed by atoms with Gasteiger partial charge in [0.1, 0.15) is 0 Å². The highest BCUT2D eigenvalue weighted by Crippen LogP contribution is 2.29. The lowest BCUT2D eigenvalue weighted by atomic mass is 10.0. The molecule has 1 nitrogen and oxygen atoms in total. The second-order valence-electron chi connectivity index (χ2n) is 4.24. The topological polar surface area (TPSA) is 3.24 Å². The molecule has 1 heteroatoms. The molecule has 1 aliphatic rings. The zero-order valence-electron chi connectivity index (χ0n) is 9.66. The Morgan fingerprint density at radius 1 is 1.27 bits per heavy atom. The Morgan fingerprint density at radius 3 is 2.87 bits per heavy atom. The summed E-state index contributed by atoms with van der Waals surface area (Å²) in [6.45, 7) is 4.50. The summed E-state index contributed by atoms with van der Waals surface area (Å²) >= 11 is 0. The van der Waals surface area contributed by atoms with Crippen LogP contribution in [0.3, 0.4) is 0 Å². The molecule has 0 atom stereocenters. The van der Waals surface area contributed by atoms with Crippen LogP contribution >= 0.6 is 0 Å². The third-order valence-electron chi connectivity index (χ3n) is 3.23. The summed E-state index contributed by atoms with van der Waals surface area (Å²) in [6, 6.07) is 8.76. The Hall–Kier alpha value is -1.08. The van der Waals surface area contributed by atoms with E-state index in [1.165, 1.54) is 23.1 Å². The van der Waals surface area contributed by atoms with E-state index in [4.69, 9.17) is 0 Å². The van der Waals surface area contributed by atoms with Gasteiger partial charge >= 0.3 is 0 Å². The maximum absolute atomic E-state index is 2.38. The molecule has 0 aromatic heterocycles. The van der Waals surface area contributed by atoms with E-state index in [0.29, 0.717) is 0 Å². The molecule has 0 bridgehead atoms. The monoisotopic (exact) mass is 201 g/mol. The van der Waals surface area contributed by atoms with Crippen molar-refractivity contribution in [2.45, 2.75) is 19.8 Å². The summed E-state index contributed by atoms with van der Waals surface area (Å²) in [6.07, 6.45) is 4.69. The van der Waals surface area contributed by atoms with Crippen LogP contribution < -0.4 is 0 Å². The van der Waals surface area contributed by atoms with Crippen molar-refractivity contribution >= 4 is 5.57 Å². The highest BCUT2D eigenvalue weighted by molar-refractivity contribution is 5.72. The molecule has 1 aromatic carbocycles. The van der Waals surface area contributed by atoms with E-state index in [0.717, 1.165) is 19.5 Å². The molecule has 0 unspecified atom stereocenters. The molecule has 0 amide bonds. The zero-order chi connectivity index (χ0) is 10.7. The number of nitrogens with zero attached hydrogens (tertiary/aromatic N) is 1. The van der Waals surface area contributed by atoms with Crippen molar-refractivity contribution in [2.75, 3.05) is 20.1 Å². The molecule has 0 spiro atoms. The zero-order valence-corrected chi connectivity index (χ0v) is 9.66. The first-order chi connectivity index (χ1) is 7.31. The van der Waals surface area contributed by atoms with E-state index in [1.807, 2.05) is 0 Å². The van der Waals surface area contributed by atoms with Crippen LogP contribution in [-0.2, 0) is 6.42 Å². The van der Waals surface area contributed by atoms with Crippen molar-refractivity contribution in [3.8, 4) is 0 Å². The summed E-state index contributed by atoms with van der Waals surface area (Å²) in [5.41, 5.74) is 4.50. The van der Waals surface area contributed by atoms with Crippen LogP contribution in [0.1, 0.15) is 24.5 Å². The van der Waals surface area contributed by atoms with Crippen LogP contribution in [0, 0.1) is 0 Å². The van der Waals surface area contributed by atoms with Crippen molar-refractivity contribution in [3.63, 3.8) is 0 Å². The van der Waals surface area contributed by atoms with Crippen molar-refractivity contribution in [2.24, 2.45) is 0 Å². The van der Waals surface area contributed by atoms with Gasteiger partial charge < -0.3 is 4.90 Å². The standard InChI is InChI=1S/C14H19N/c1-3-15(2)11-10-13-9-8-12-6-4-5-7-14(12)13/h4-7,9H,3,8,10-11H2,1-2H3. The lowest BCUT2D eigenvalue weighted by Crippen LogP contribution is -2.18. The fourth-order valence-corrected chi connectivity index (χ4v) is 2.06. The first-order valence-electron chi connectivity index (χ1n) is 5.77. The largest absolute Gasteiger partial charge is 0.306 e. The first kappa shape index (κ1) is 10.4. The summed E-state index contributed by atoms with van der Waals surface area (Å²) in [4.78, 5) is 2.36. The van der Waals surface area contributed by atoms with Gasteiger partial charge in [0.2, 0.25) is 0 Å². The molecular weight excluding hydrogens is 182 g/mol. The third kappa shape index (κ3) is 2.29. The molecule has 1 aliphatic carbocycles. The summed E-state index contributed by atoms with van der Waals surface area (Å²) < 4.78 is 0. The van der Waals surface area contributed by atoms with Crippen molar-refractivity contribution < 1.29 is 0 Å². The SMILES string of the molecule is CCN(C)CCC1=CCc2ccccc21. The van der Waals surface area contributed by atoms with Gasteiger partial charge in [0.05, 0.1) is 0 Å². The Morgan fingerprint density at radius 2 is 2.07 bits per heavy atom. The number of benzene rings is 1. The fourth-order valence-electron chi connectivity index (χ4n) is 2.06. The molecule has 15 heavy (non-hydrogen) atoms. The predicted octanol–water partition coefficient (Wildman–Crippen LogP) is 2.97. The smallest absolute Gasteiger partial charge is 0.00188 e.